The van der Waals surface area contributed by atoms with Crippen molar-refractivity contribution in [3.8, 4) is 11.5 Å². The first-order chi connectivity index (χ1) is 9.51. The summed E-state index contributed by atoms with van der Waals surface area (Å²) in [5, 5.41) is 9.98. The molecule has 0 saturated carbocycles. The van der Waals surface area contributed by atoms with E-state index in [1.165, 1.54) is 27.4 Å². The Labute approximate surface area is 117 Å². The van der Waals surface area contributed by atoms with Crippen molar-refractivity contribution in [2.75, 3.05) is 21.3 Å². The van der Waals surface area contributed by atoms with Crippen LogP contribution >= 0.6 is 0 Å². The van der Waals surface area contributed by atoms with Crippen LogP contribution in [0.4, 0.5) is 0 Å². The predicted octanol–water partition coefficient (Wildman–Crippen LogP) is 1.93. The number of rotatable bonds is 5. The molecule has 0 heterocycles. The van der Waals surface area contributed by atoms with Crippen LogP contribution in [0.3, 0.4) is 0 Å². The minimum atomic E-state index is -0.785. The second kappa shape index (κ2) is 6.79. The molecule has 0 aliphatic heterocycles. The normalized spacial score (nSPS) is 10.0. The summed E-state index contributed by atoms with van der Waals surface area (Å²) in [4.78, 5) is 23.7. The van der Waals surface area contributed by atoms with Gasteiger partial charge in [0.1, 0.15) is 16.9 Å². The average molecular weight is 282 g/mol. The molecule has 0 spiro atoms. The molecule has 110 valence electrons. The molecule has 20 heavy (non-hydrogen) atoms. The molecule has 0 unspecified atom stereocenters. The Morgan fingerprint density at radius 3 is 2.10 bits per heavy atom. The quantitative estimate of drug-likeness (QED) is 0.831. The van der Waals surface area contributed by atoms with Crippen LogP contribution in [0.25, 0.3) is 0 Å². The number of phenolic OH excluding ortho intramolecular Hbond substituents is 1. The third-order valence-corrected chi connectivity index (χ3v) is 2.84. The van der Waals surface area contributed by atoms with Gasteiger partial charge in [-0.3, -0.25) is 0 Å². The molecule has 0 atom stereocenters. The number of ether oxygens (including phenoxy) is 3. The molecule has 0 bridgehead atoms. The third-order valence-electron chi connectivity index (χ3n) is 2.84. The second-order valence-electron chi connectivity index (χ2n) is 4.07. The van der Waals surface area contributed by atoms with E-state index in [1.807, 2.05) is 6.92 Å². The molecule has 1 aromatic carbocycles. The Morgan fingerprint density at radius 1 is 1.10 bits per heavy atom. The summed E-state index contributed by atoms with van der Waals surface area (Å²) >= 11 is 0. The number of hydrogen-bond donors (Lipinski definition) is 1. The van der Waals surface area contributed by atoms with Crippen LogP contribution in [0.5, 0.6) is 11.5 Å². The van der Waals surface area contributed by atoms with Gasteiger partial charge in [0.05, 0.1) is 21.3 Å². The van der Waals surface area contributed by atoms with Gasteiger partial charge < -0.3 is 19.3 Å². The van der Waals surface area contributed by atoms with Gasteiger partial charge in [0.2, 0.25) is 0 Å². The van der Waals surface area contributed by atoms with E-state index < -0.39 is 11.9 Å². The van der Waals surface area contributed by atoms with E-state index in [9.17, 15) is 14.7 Å². The Morgan fingerprint density at radius 2 is 1.65 bits per heavy atom. The molecule has 0 amide bonds. The molecule has 6 heteroatoms. The highest BCUT2D eigenvalue weighted by Gasteiger charge is 2.28. The fourth-order valence-corrected chi connectivity index (χ4v) is 1.99. The fourth-order valence-electron chi connectivity index (χ4n) is 1.99. The zero-order valence-corrected chi connectivity index (χ0v) is 12.0. The van der Waals surface area contributed by atoms with Crippen LogP contribution in [-0.4, -0.2) is 38.4 Å². The van der Waals surface area contributed by atoms with E-state index in [4.69, 9.17) is 9.47 Å². The van der Waals surface area contributed by atoms with Crippen molar-refractivity contribution >= 4 is 11.9 Å². The molecule has 0 aliphatic carbocycles. The molecule has 0 aliphatic rings. The topological polar surface area (TPSA) is 82.1 Å². The summed E-state index contributed by atoms with van der Waals surface area (Å²) in [5.41, 5.74) is 0.506. The number of aromatic hydroxyl groups is 1. The number of aryl methyl sites for hydroxylation is 1. The van der Waals surface area contributed by atoms with Gasteiger partial charge in [0, 0.05) is 0 Å². The Hall–Kier alpha value is -2.24. The molecule has 0 fully saturated rings. The van der Waals surface area contributed by atoms with Gasteiger partial charge in [0.25, 0.3) is 0 Å². The first-order valence-corrected chi connectivity index (χ1v) is 6.11. The molecule has 0 saturated heterocycles. The Bertz CT molecular complexity index is 521. The standard InChI is InChI=1S/C14H18O6/c1-5-6-8-7-9(15)11(14(17)20-4)12(18-2)10(8)13(16)19-3/h7,15H,5-6H2,1-4H3. The Balaban J connectivity index is 3.65. The summed E-state index contributed by atoms with van der Waals surface area (Å²) in [6, 6.07) is 1.37. The lowest BCUT2D eigenvalue weighted by Crippen LogP contribution is -2.13. The molecule has 1 rings (SSSR count). The van der Waals surface area contributed by atoms with Gasteiger partial charge in [0.15, 0.2) is 5.75 Å². The zero-order valence-electron chi connectivity index (χ0n) is 12.0. The number of carbonyl (C=O) groups excluding carboxylic acids is 2. The van der Waals surface area contributed by atoms with E-state index in [2.05, 4.69) is 4.74 Å². The average Bonchev–Trinajstić information content (AvgIpc) is 2.45. The van der Waals surface area contributed by atoms with Crippen molar-refractivity contribution in [2.45, 2.75) is 19.8 Å². The second-order valence-corrected chi connectivity index (χ2v) is 4.07. The number of benzene rings is 1. The number of carbonyl (C=O) groups is 2. The van der Waals surface area contributed by atoms with Crippen molar-refractivity contribution in [1.82, 2.24) is 0 Å². The molecular formula is C14H18O6. The van der Waals surface area contributed by atoms with E-state index >= 15 is 0 Å². The van der Waals surface area contributed by atoms with Crippen molar-refractivity contribution in [3.63, 3.8) is 0 Å². The highest BCUT2D eigenvalue weighted by molar-refractivity contribution is 6.03. The molecule has 0 radical (unpaired) electrons. The Kier molecular flexibility index (Phi) is 5.37. The van der Waals surface area contributed by atoms with Crippen LogP contribution in [0.2, 0.25) is 0 Å². The van der Waals surface area contributed by atoms with Crippen molar-refractivity contribution in [2.24, 2.45) is 0 Å². The van der Waals surface area contributed by atoms with Gasteiger partial charge >= 0.3 is 11.9 Å². The van der Waals surface area contributed by atoms with Crippen LogP contribution in [0, 0.1) is 0 Å². The molecular weight excluding hydrogens is 264 g/mol. The van der Waals surface area contributed by atoms with Gasteiger partial charge in [-0.05, 0) is 18.1 Å². The van der Waals surface area contributed by atoms with Gasteiger partial charge in [-0.25, -0.2) is 9.59 Å². The lowest BCUT2D eigenvalue weighted by atomic mass is 9.97. The highest BCUT2D eigenvalue weighted by Crippen LogP contribution is 2.36. The summed E-state index contributed by atoms with van der Waals surface area (Å²) in [6.45, 7) is 1.93. The molecule has 6 nitrogen and oxygen atoms in total. The van der Waals surface area contributed by atoms with Gasteiger partial charge in [-0.2, -0.15) is 0 Å². The lowest BCUT2D eigenvalue weighted by molar-refractivity contribution is 0.0589. The SMILES string of the molecule is CCCc1cc(O)c(C(=O)OC)c(OC)c1C(=O)OC. The minimum Gasteiger partial charge on any atom is -0.507 e. The van der Waals surface area contributed by atoms with Crippen molar-refractivity contribution in [3.05, 3.63) is 22.8 Å². The van der Waals surface area contributed by atoms with Gasteiger partial charge in [-0.1, -0.05) is 13.3 Å². The van der Waals surface area contributed by atoms with Crippen molar-refractivity contribution < 1.29 is 28.9 Å². The van der Waals surface area contributed by atoms with E-state index in [0.717, 1.165) is 6.42 Å². The fraction of sp³-hybridized carbons (Fsp3) is 0.429. The first-order valence-electron chi connectivity index (χ1n) is 6.11. The number of esters is 2. The van der Waals surface area contributed by atoms with E-state index in [-0.39, 0.29) is 22.6 Å². The number of hydrogen-bond acceptors (Lipinski definition) is 6. The maximum absolute atomic E-state index is 11.9. The largest absolute Gasteiger partial charge is 0.507 e. The maximum Gasteiger partial charge on any atom is 0.345 e. The van der Waals surface area contributed by atoms with Crippen LogP contribution < -0.4 is 4.74 Å². The lowest BCUT2D eigenvalue weighted by Gasteiger charge is -2.16. The van der Waals surface area contributed by atoms with Crippen molar-refractivity contribution in [1.29, 1.82) is 0 Å². The molecule has 0 aromatic heterocycles. The van der Waals surface area contributed by atoms with Crippen LogP contribution in [0.15, 0.2) is 6.07 Å². The minimum absolute atomic E-state index is 0.0350. The monoisotopic (exact) mass is 282 g/mol. The van der Waals surface area contributed by atoms with Gasteiger partial charge in [-0.15, -0.1) is 0 Å². The smallest absolute Gasteiger partial charge is 0.345 e. The summed E-state index contributed by atoms with van der Waals surface area (Å²) in [6.07, 6.45) is 1.29. The van der Waals surface area contributed by atoms with E-state index in [1.54, 1.807) is 0 Å². The molecule has 1 N–H and O–H groups in total. The van der Waals surface area contributed by atoms with E-state index in [0.29, 0.717) is 12.0 Å². The summed E-state index contributed by atoms with van der Waals surface area (Å²) in [5.74, 6) is -1.74. The van der Waals surface area contributed by atoms with Crippen LogP contribution in [-0.2, 0) is 15.9 Å². The highest BCUT2D eigenvalue weighted by atomic mass is 16.5. The molecule has 1 aromatic rings. The third kappa shape index (κ3) is 2.84. The first kappa shape index (κ1) is 15.8. The van der Waals surface area contributed by atoms with Crippen LogP contribution in [0.1, 0.15) is 39.6 Å². The predicted molar refractivity (Wildman–Crippen MR) is 71.3 cm³/mol. The summed E-state index contributed by atoms with van der Waals surface area (Å²) < 4.78 is 14.4. The summed E-state index contributed by atoms with van der Waals surface area (Å²) in [7, 11) is 3.73. The maximum atomic E-state index is 11.9. The number of methoxy groups -OCH3 is 3. The number of phenols is 1. The zero-order chi connectivity index (χ0) is 15.3.